The summed E-state index contributed by atoms with van der Waals surface area (Å²) in [6.45, 7) is 2.51. The van der Waals surface area contributed by atoms with E-state index >= 15 is 0 Å². The van der Waals surface area contributed by atoms with Gasteiger partial charge in [-0.15, -0.1) is 0 Å². The summed E-state index contributed by atoms with van der Waals surface area (Å²) in [5.41, 5.74) is 4.12. The molecule has 0 saturated heterocycles. The molecule has 0 bridgehead atoms. The van der Waals surface area contributed by atoms with Crippen LogP contribution in [0.15, 0.2) is 59.0 Å². The Morgan fingerprint density at radius 1 is 1.09 bits per heavy atom. The van der Waals surface area contributed by atoms with Crippen LogP contribution in [0, 0.1) is 5.82 Å². The summed E-state index contributed by atoms with van der Waals surface area (Å²) in [5.74, 6) is 0.563. The maximum Gasteiger partial charge on any atom is 0.209 e. The van der Waals surface area contributed by atoms with Crippen molar-refractivity contribution in [2.45, 2.75) is 13.0 Å². The molecule has 2 aromatic carbocycles. The van der Waals surface area contributed by atoms with E-state index in [-0.39, 0.29) is 5.82 Å². The van der Waals surface area contributed by atoms with E-state index in [9.17, 15) is 4.39 Å². The van der Waals surface area contributed by atoms with Crippen molar-refractivity contribution >= 4 is 16.7 Å². The molecule has 2 heterocycles. The van der Waals surface area contributed by atoms with Crippen molar-refractivity contribution in [3.05, 3.63) is 71.9 Å². The highest BCUT2D eigenvalue weighted by Gasteiger charge is 2.15. The van der Waals surface area contributed by atoms with Crippen LogP contribution in [0.4, 0.5) is 4.39 Å². The van der Waals surface area contributed by atoms with Gasteiger partial charge in [0, 0.05) is 13.1 Å². The lowest BCUT2D eigenvalue weighted by Gasteiger charge is -2.25. The van der Waals surface area contributed by atoms with Crippen LogP contribution >= 0.6 is 0 Å². The van der Waals surface area contributed by atoms with E-state index in [1.165, 1.54) is 17.7 Å². The molecule has 0 unspecified atom stereocenters. The fourth-order valence-corrected chi connectivity index (χ4v) is 2.96. The van der Waals surface area contributed by atoms with Crippen LogP contribution in [0.5, 0.6) is 0 Å². The summed E-state index contributed by atoms with van der Waals surface area (Å²) < 4.78 is 18.8. The van der Waals surface area contributed by atoms with Crippen molar-refractivity contribution < 1.29 is 8.81 Å². The molecule has 4 rings (SSSR count). The number of para-hydroxylation sites is 2. The van der Waals surface area contributed by atoms with E-state index in [1.54, 1.807) is 0 Å². The molecule has 23 heavy (non-hydrogen) atoms. The van der Waals surface area contributed by atoms with E-state index in [4.69, 9.17) is 4.42 Å². The van der Waals surface area contributed by atoms with Crippen LogP contribution in [0.1, 0.15) is 17.9 Å². The molecular formula is C19H17FN2O. The van der Waals surface area contributed by atoms with Gasteiger partial charge in [0.2, 0.25) is 5.89 Å². The molecule has 3 nitrogen and oxygen atoms in total. The largest absolute Gasteiger partial charge is 0.439 e. The number of halogens is 1. The average Bonchev–Trinajstić information content (AvgIpc) is 2.98. The number of benzene rings is 2. The van der Waals surface area contributed by atoms with Gasteiger partial charge in [-0.1, -0.05) is 30.3 Å². The van der Waals surface area contributed by atoms with Gasteiger partial charge in [0.15, 0.2) is 5.58 Å². The fourth-order valence-electron chi connectivity index (χ4n) is 2.96. The SMILES string of the molecule is Fc1ccc(C2=CCN(Cc3nc4ccccc4o3)CC2)cc1. The first-order valence-corrected chi connectivity index (χ1v) is 7.80. The van der Waals surface area contributed by atoms with Crippen molar-refractivity contribution in [1.82, 2.24) is 9.88 Å². The molecule has 4 heteroatoms. The predicted molar refractivity (Wildman–Crippen MR) is 88.3 cm³/mol. The van der Waals surface area contributed by atoms with Crippen LogP contribution in [-0.4, -0.2) is 23.0 Å². The molecule has 1 aliphatic rings. The number of fused-ring (bicyclic) bond motifs is 1. The Bertz CT molecular complexity index is 818. The van der Waals surface area contributed by atoms with Crippen LogP contribution in [0.3, 0.4) is 0 Å². The number of rotatable bonds is 3. The summed E-state index contributed by atoms with van der Waals surface area (Å²) >= 11 is 0. The minimum Gasteiger partial charge on any atom is -0.439 e. The zero-order valence-corrected chi connectivity index (χ0v) is 12.7. The third-order valence-electron chi connectivity index (χ3n) is 4.21. The van der Waals surface area contributed by atoms with Gasteiger partial charge in [0.05, 0.1) is 6.54 Å². The maximum absolute atomic E-state index is 13.0. The number of hydrogen-bond acceptors (Lipinski definition) is 3. The monoisotopic (exact) mass is 308 g/mol. The Morgan fingerprint density at radius 3 is 2.65 bits per heavy atom. The Hall–Kier alpha value is -2.46. The lowest BCUT2D eigenvalue weighted by Crippen LogP contribution is -2.28. The molecule has 0 aliphatic carbocycles. The smallest absolute Gasteiger partial charge is 0.209 e. The van der Waals surface area contributed by atoms with Crippen LogP contribution in [-0.2, 0) is 6.54 Å². The van der Waals surface area contributed by atoms with Gasteiger partial charge >= 0.3 is 0 Å². The highest BCUT2D eigenvalue weighted by molar-refractivity contribution is 5.72. The van der Waals surface area contributed by atoms with Crippen molar-refractivity contribution in [2.24, 2.45) is 0 Å². The van der Waals surface area contributed by atoms with Gasteiger partial charge < -0.3 is 4.42 Å². The first-order chi connectivity index (χ1) is 11.3. The van der Waals surface area contributed by atoms with Gasteiger partial charge in [-0.05, 0) is 41.8 Å². The second-order valence-electron chi connectivity index (χ2n) is 5.80. The molecule has 0 amide bonds. The van der Waals surface area contributed by atoms with E-state index in [0.717, 1.165) is 42.1 Å². The lowest BCUT2D eigenvalue weighted by atomic mass is 9.99. The summed E-state index contributed by atoms with van der Waals surface area (Å²) in [6, 6.07) is 14.5. The second-order valence-corrected chi connectivity index (χ2v) is 5.80. The zero-order chi connectivity index (χ0) is 15.6. The number of aromatic nitrogens is 1. The molecule has 0 fully saturated rings. The topological polar surface area (TPSA) is 29.3 Å². The molecule has 1 aliphatic heterocycles. The average molecular weight is 308 g/mol. The Labute approximate surface area is 134 Å². The van der Waals surface area contributed by atoms with Gasteiger partial charge in [-0.2, -0.15) is 0 Å². The molecule has 3 aromatic rings. The quantitative estimate of drug-likeness (QED) is 0.724. The third kappa shape index (κ3) is 3.03. The minimum absolute atomic E-state index is 0.192. The summed E-state index contributed by atoms with van der Waals surface area (Å²) in [5, 5.41) is 0. The summed E-state index contributed by atoms with van der Waals surface area (Å²) in [4.78, 5) is 6.83. The normalized spacial score (nSPS) is 15.8. The van der Waals surface area contributed by atoms with E-state index in [1.807, 2.05) is 36.4 Å². The summed E-state index contributed by atoms with van der Waals surface area (Å²) in [6.07, 6.45) is 3.16. The Balaban J connectivity index is 1.45. The van der Waals surface area contributed by atoms with Crippen LogP contribution in [0.2, 0.25) is 0 Å². The molecule has 0 spiro atoms. The van der Waals surface area contributed by atoms with Crippen molar-refractivity contribution in [1.29, 1.82) is 0 Å². The number of hydrogen-bond donors (Lipinski definition) is 0. The Morgan fingerprint density at radius 2 is 1.91 bits per heavy atom. The zero-order valence-electron chi connectivity index (χ0n) is 12.7. The second kappa shape index (κ2) is 5.97. The molecule has 116 valence electrons. The first kappa shape index (κ1) is 14.2. The van der Waals surface area contributed by atoms with Gasteiger partial charge in [-0.25, -0.2) is 9.37 Å². The molecular weight excluding hydrogens is 291 g/mol. The molecule has 0 radical (unpaired) electrons. The van der Waals surface area contributed by atoms with Crippen molar-refractivity contribution in [3.63, 3.8) is 0 Å². The third-order valence-corrected chi connectivity index (χ3v) is 4.21. The van der Waals surface area contributed by atoms with Crippen LogP contribution in [0.25, 0.3) is 16.7 Å². The highest BCUT2D eigenvalue weighted by atomic mass is 19.1. The molecule has 0 atom stereocenters. The van der Waals surface area contributed by atoms with Crippen LogP contribution < -0.4 is 0 Å². The van der Waals surface area contributed by atoms with E-state index < -0.39 is 0 Å². The van der Waals surface area contributed by atoms with Crippen molar-refractivity contribution in [3.8, 4) is 0 Å². The van der Waals surface area contributed by atoms with Gasteiger partial charge in [0.25, 0.3) is 0 Å². The van der Waals surface area contributed by atoms with E-state index in [2.05, 4.69) is 16.0 Å². The lowest BCUT2D eigenvalue weighted by molar-refractivity contribution is 0.265. The van der Waals surface area contributed by atoms with Crippen molar-refractivity contribution in [2.75, 3.05) is 13.1 Å². The first-order valence-electron chi connectivity index (χ1n) is 7.80. The maximum atomic E-state index is 13.0. The standard InChI is InChI=1S/C19H17FN2O/c20-16-7-5-14(6-8-16)15-9-11-22(12-10-15)13-19-21-17-3-1-2-4-18(17)23-19/h1-9H,10-13H2. The van der Waals surface area contributed by atoms with E-state index in [0.29, 0.717) is 6.54 Å². The minimum atomic E-state index is -0.192. The molecule has 0 saturated carbocycles. The number of nitrogens with zero attached hydrogens (tertiary/aromatic N) is 2. The molecule has 1 aromatic heterocycles. The van der Waals surface area contributed by atoms with Gasteiger partial charge in [-0.3, -0.25) is 4.90 Å². The van der Waals surface area contributed by atoms with Gasteiger partial charge in [0.1, 0.15) is 11.3 Å². The highest BCUT2D eigenvalue weighted by Crippen LogP contribution is 2.24. The fraction of sp³-hybridized carbons (Fsp3) is 0.211. The predicted octanol–water partition coefficient (Wildman–Crippen LogP) is 4.26. The number of oxazole rings is 1. The molecule has 0 N–H and O–H groups in total. The summed E-state index contributed by atoms with van der Waals surface area (Å²) in [7, 11) is 0. The Kier molecular flexibility index (Phi) is 3.67.